The quantitative estimate of drug-likeness (QED) is 0.624. The fraction of sp³-hybridized carbons (Fsp3) is 0.261. The highest BCUT2D eigenvalue weighted by Crippen LogP contribution is 2.26. The number of rotatable bonds is 6. The minimum atomic E-state index is -0.566. The van der Waals surface area contributed by atoms with E-state index in [-0.39, 0.29) is 17.7 Å². The molecule has 0 spiro atoms. The van der Waals surface area contributed by atoms with Gasteiger partial charge in [-0.1, -0.05) is 51.1 Å². The molecule has 0 fully saturated rings. The van der Waals surface area contributed by atoms with Crippen molar-refractivity contribution in [2.45, 2.75) is 32.6 Å². The number of amides is 1. The summed E-state index contributed by atoms with van der Waals surface area (Å²) in [5.41, 5.74) is 2.02. The monoisotopic (exact) mass is 409 g/mol. The average Bonchev–Trinajstić information content (AvgIpc) is 3.13. The maximum atomic E-state index is 12.9. The van der Waals surface area contributed by atoms with Gasteiger partial charge in [0.2, 0.25) is 0 Å². The summed E-state index contributed by atoms with van der Waals surface area (Å²) in [6, 6.07) is 16.8. The summed E-state index contributed by atoms with van der Waals surface area (Å²) in [7, 11) is 0. The Kier molecular flexibility index (Phi) is 6.30. The van der Waals surface area contributed by atoms with Crippen LogP contribution in [0.4, 0.5) is 10.2 Å². The van der Waals surface area contributed by atoms with Gasteiger partial charge >= 0.3 is 5.97 Å². The zero-order valence-electron chi connectivity index (χ0n) is 17.2. The van der Waals surface area contributed by atoms with Gasteiger partial charge in [0.15, 0.2) is 6.61 Å². The van der Waals surface area contributed by atoms with Crippen LogP contribution >= 0.6 is 0 Å². The van der Waals surface area contributed by atoms with Gasteiger partial charge in [-0.25, -0.2) is 9.07 Å². The second-order valence-corrected chi connectivity index (χ2v) is 7.92. The number of hydrogen-bond acceptors (Lipinski definition) is 4. The topological polar surface area (TPSA) is 73.2 Å². The number of carbonyl (C=O) groups excluding carboxylic acids is 2. The van der Waals surface area contributed by atoms with Gasteiger partial charge in [-0.05, 0) is 29.8 Å². The highest BCUT2D eigenvalue weighted by Gasteiger charge is 2.21. The van der Waals surface area contributed by atoms with Crippen LogP contribution in [-0.2, 0) is 26.2 Å². The van der Waals surface area contributed by atoms with E-state index >= 15 is 0 Å². The van der Waals surface area contributed by atoms with Gasteiger partial charge in [0.05, 0.1) is 17.8 Å². The molecule has 0 unspecified atom stereocenters. The highest BCUT2D eigenvalue weighted by atomic mass is 19.1. The van der Waals surface area contributed by atoms with Crippen molar-refractivity contribution in [3.63, 3.8) is 0 Å². The molecule has 30 heavy (non-hydrogen) atoms. The molecule has 1 amide bonds. The minimum Gasteiger partial charge on any atom is -0.455 e. The predicted octanol–water partition coefficient (Wildman–Crippen LogP) is 4.03. The number of anilines is 1. The molecule has 156 valence electrons. The van der Waals surface area contributed by atoms with Crippen LogP contribution in [0.25, 0.3) is 5.69 Å². The summed E-state index contributed by atoms with van der Waals surface area (Å²) in [5, 5.41) is 7.39. The van der Waals surface area contributed by atoms with Crippen molar-refractivity contribution >= 4 is 17.7 Å². The lowest BCUT2D eigenvalue weighted by molar-refractivity contribution is -0.146. The zero-order chi connectivity index (χ0) is 21.7. The lowest BCUT2D eigenvalue weighted by atomic mass is 9.92. The van der Waals surface area contributed by atoms with Crippen LogP contribution < -0.4 is 5.32 Å². The molecule has 0 saturated carbocycles. The Morgan fingerprint density at radius 3 is 2.37 bits per heavy atom. The van der Waals surface area contributed by atoms with E-state index in [1.165, 1.54) is 24.3 Å². The number of halogens is 1. The summed E-state index contributed by atoms with van der Waals surface area (Å²) in [5.74, 6) is -0.925. The van der Waals surface area contributed by atoms with Gasteiger partial charge < -0.3 is 10.1 Å². The average molecular weight is 409 g/mol. The highest BCUT2D eigenvalue weighted by molar-refractivity contribution is 5.92. The summed E-state index contributed by atoms with van der Waals surface area (Å²) in [6.07, 6.45) is -0.0380. The molecule has 0 aliphatic carbocycles. The molecule has 0 aliphatic rings. The van der Waals surface area contributed by atoms with Crippen molar-refractivity contribution in [3.8, 4) is 5.69 Å². The third kappa shape index (κ3) is 5.53. The normalized spacial score (nSPS) is 11.2. The van der Waals surface area contributed by atoms with Crippen LogP contribution in [0.15, 0.2) is 60.7 Å². The number of nitrogens with zero attached hydrogens (tertiary/aromatic N) is 2. The van der Waals surface area contributed by atoms with Crippen LogP contribution in [0.3, 0.4) is 0 Å². The van der Waals surface area contributed by atoms with E-state index in [1.54, 1.807) is 4.68 Å². The molecule has 0 aliphatic heterocycles. The van der Waals surface area contributed by atoms with Gasteiger partial charge in [-0.2, -0.15) is 5.10 Å². The number of ether oxygens (including phenoxy) is 1. The molecule has 2 aromatic carbocycles. The fourth-order valence-corrected chi connectivity index (χ4v) is 2.75. The SMILES string of the molecule is CC(C)(C)c1cc(NC(=O)COC(=O)Cc2ccc(F)cc2)n(-c2ccccc2)n1. The Labute approximate surface area is 174 Å². The van der Waals surface area contributed by atoms with E-state index in [9.17, 15) is 14.0 Å². The molecule has 0 atom stereocenters. The standard InChI is InChI=1S/C23H24FN3O3/c1-23(2,3)19-14-20(27(26-19)18-7-5-4-6-8-18)25-21(28)15-30-22(29)13-16-9-11-17(24)12-10-16/h4-12,14H,13,15H2,1-3H3,(H,25,28). The predicted molar refractivity (Wildman–Crippen MR) is 112 cm³/mol. The number of carbonyl (C=O) groups is 2. The number of nitrogens with one attached hydrogen (secondary N) is 1. The first-order chi connectivity index (χ1) is 14.2. The molecule has 7 heteroatoms. The van der Waals surface area contributed by atoms with Crippen molar-refractivity contribution < 1.29 is 18.7 Å². The molecular formula is C23H24FN3O3. The van der Waals surface area contributed by atoms with E-state index < -0.39 is 18.5 Å². The zero-order valence-corrected chi connectivity index (χ0v) is 17.2. The van der Waals surface area contributed by atoms with Gasteiger partial charge in [0.1, 0.15) is 11.6 Å². The summed E-state index contributed by atoms with van der Waals surface area (Å²) >= 11 is 0. The maximum Gasteiger partial charge on any atom is 0.310 e. The first-order valence-electron chi connectivity index (χ1n) is 9.58. The Hall–Kier alpha value is -3.48. The van der Waals surface area contributed by atoms with Gasteiger partial charge in [0, 0.05) is 11.5 Å². The van der Waals surface area contributed by atoms with Crippen LogP contribution in [0, 0.1) is 5.82 Å². The van der Waals surface area contributed by atoms with E-state index in [1.807, 2.05) is 57.2 Å². The molecule has 0 saturated heterocycles. The smallest absolute Gasteiger partial charge is 0.310 e. The second kappa shape index (κ2) is 8.90. The van der Waals surface area contributed by atoms with Crippen molar-refractivity contribution in [1.82, 2.24) is 9.78 Å². The van der Waals surface area contributed by atoms with Crippen LogP contribution in [0.2, 0.25) is 0 Å². The van der Waals surface area contributed by atoms with E-state index in [4.69, 9.17) is 4.74 Å². The van der Waals surface area contributed by atoms with Crippen molar-refractivity contribution in [2.75, 3.05) is 11.9 Å². The van der Waals surface area contributed by atoms with E-state index in [2.05, 4.69) is 10.4 Å². The first kappa shape index (κ1) is 21.2. The number of aromatic nitrogens is 2. The summed E-state index contributed by atoms with van der Waals surface area (Å²) in [4.78, 5) is 24.3. The largest absolute Gasteiger partial charge is 0.455 e. The van der Waals surface area contributed by atoms with Crippen molar-refractivity contribution in [2.24, 2.45) is 0 Å². The molecule has 0 bridgehead atoms. The number of hydrogen-bond donors (Lipinski definition) is 1. The third-order valence-electron chi connectivity index (χ3n) is 4.37. The lowest BCUT2D eigenvalue weighted by Gasteiger charge is -2.14. The maximum absolute atomic E-state index is 12.9. The lowest BCUT2D eigenvalue weighted by Crippen LogP contribution is -2.23. The molecule has 0 radical (unpaired) electrons. The Morgan fingerprint density at radius 1 is 1.07 bits per heavy atom. The molecular weight excluding hydrogens is 385 g/mol. The number of esters is 1. The fourth-order valence-electron chi connectivity index (χ4n) is 2.75. The minimum absolute atomic E-state index is 0.0380. The van der Waals surface area contributed by atoms with Crippen LogP contribution in [0.1, 0.15) is 32.0 Å². The first-order valence-corrected chi connectivity index (χ1v) is 9.58. The Balaban J connectivity index is 1.66. The van der Waals surface area contributed by atoms with E-state index in [0.717, 1.165) is 11.4 Å². The van der Waals surface area contributed by atoms with E-state index in [0.29, 0.717) is 11.4 Å². The molecule has 1 aromatic heterocycles. The molecule has 1 N–H and O–H groups in total. The summed E-state index contributed by atoms with van der Waals surface area (Å²) in [6.45, 7) is 5.68. The number of benzene rings is 2. The van der Waals surface area contributed by atoms with Crippen molar-refractivity contribution in [3.05, 3.63) is 77.7 Å². The van der Waals surface area contributed by atoms with Gasteiger partial charge in [0.25, 0.3) is 5.91 Å². The second-order valence-electron chi connectivity index (χ2n) is 7.92. The summed E-state index contributed by atoms with van der Waals surface area (Å²) < 4.78 is 19.6. The van der Waals surface area contributed by atoms with Crippen LogP contribution in [0.5, 0.6) is 0 Å². The molecule has 6 nitrogen and oxygen atoms in total. The number of para-hydroxylation sites is 1. The molecule has 1 heterocycles. The third-order valence-corrected chi connectivity index (χ3v) is 4.37. The Morgan fingerprint density at radius 2 is 1.73 bits per heavy atom. The Bertz CT molecular complexity index is 1020. The molecule has 3 aromatic rings. The van der Waals surface area contributed by atoms with Gasteiger partial charge in [-0.15, -0.1) is 0 Å². The van der Waals surface area contributed by atoms with Crippen molar-refractivity contribution in [1.29, 1.82) is 0 Å². The molecule has 3 rings (SSSR count). The van der Waals surface area contributed by atoms with Gasteiger partial charge in [-0.3, -0.25) is 9.59 Å². The van der Waals surface area contributed by atoms with Crippen LogP contribution in [-0.4, -0.2) is 28.3 Å².